The number of rotatable bonds is 5. The molecule has 0 spiro atoms. The summed E-state index contributed by atoms with van der Waals surface area (Å²) in [5, 5.41) is 0.512. The van der Waals surface area contributed by atoms with E-state index in [0.717, 1.165) is 12.8 Å². The maximum Gasteiger partial charge on any atom is 0.410 e. The summed E-state index contributed by atoms with van der Waals surface area (Å²) in [6.45, 7) is 6.93. The number of amides is 1. The first-order chi connectivity index (χ1) is 12.0. The third-order valence-electron chi connectivity index (χ3n) is 4.01. The minimum atomic E-state index is -3.46. The van der Waals surface area contributed by atoms with Crippen molar-refractivity contribution in [3.63, 3.8) is 0 Å². The van der Waals surface area contributed by atoms with Gasteiger partial charge in [-0.05, 0) is 57.2 Å². The number of carbonyl (C=O) groups excluding carboxylic acids is 1. The molecule has 1 aliphatic rings. The van der Waals surface area contributed by atoms with Crippen LogP contribution >= 0.6 is 11.6 Å². The van der Waals surface area contributed by atoms with Crippen LogP contribution in [0, 0.1) is 5.92 Å². The molecule has 2 rings (SSSR count). The van der Waals surface area contributed by atoms with E-state index in [0.29, 0.717) is 30.2 Å². The molecule has 146 valence electrons. The highest BCUT2D eigenvalue weighted by Crippen LogP contribution is 2.19. The van der Waals surface area contributed by atoms with Crippen LogP contribution in [-0.4, -0.2) is 44.6 Å². The number of nitrogens with one attached hydrogen (secondary N) is 1. The van der Waals surface area contributed by atoms with Gasteiger partial charge >= 0.3 is 6.09 Å². The van der Waals surface area contributed by atoms with Crippen molar-refractivity contribution in [2.45, 2.75) is 45.0 Å². The number of halogens is 1. The molecule has 0 saturated carbocycles. The molecule has 1 amide bonds. The maximum absolute atomic E-state index is 12.3. The first-order valence-electron chi connectivity index (χ1n) is 8.74. The predicted molar refractivity (Wildman–Crippen MR) is 103 cm³/mol. The fourth-order valence-corrected chi connectivity index (χ4v) is 4.29. The molecule has 1 fully saturated rings. The number of carbonyl (C=O) groups is 1. The lowest BCUT2D eigenvalue weighted by Crippen LogP contribution is -2.45. The Labute approximate surface area is 160 Å². The second-order valence-electron chi connectivity index (χ2n) is 7.67. The van der Waals surface area contributed by atoms with Crippen LogP contribution in [0.4, 0.5) is 4.79 Å². The first-order valence-corrected chi connectivity index (χ1v) is 10.8. The van der Waals surface area contributed by atoms with E-state index in [2.05, 4.69) is 4.72 Å². The lowest BCUT2D eigenvalue weighted by Gasteiger charge is -2.34. The van der Waals surface area contributed by atoms with Crippen LogP contribution in [0.25, 0.3) is 0 Å². The van der Waals surface area contributed by atoms with Gasteiger partial charge in [-0.1, -0.05) is 23.7 Å². The first kappa shape index (κ1) is 21.0. The molecule has 1 aliphatic heterocycles. The molecule has 1 heterocycles. The van der Waals surface area contributed by atoms with E-state index in [-0.39, 0.29) is 17.8 Å². The summed E-state index contributed by atoms with van der Waals surface area (Å²) in [4.78, 5) is 13.8. The monoisotopic (exact) mass is 402 g/mol. The molecule has 1 saturated heterocycles. The summed E-state index contributed by atoms with van der Waals surface area (Å²) in [7, 11) is -3.46. The van der Waals surface area contributed by atoms with Gasteiger partial charge in [0.1, 0.15) is 5.60 Å². The third-order valence-corrected chi connectivity index (χ3v) is 5.56. The molecule has 1 atom stereocenters. The van der Waals surface area contributed by atoms with Crippen LogP contribution in [0.3, 0.4) is 0 Å². The fraction of sp³-hybridized carbons (Fsp3) is 0.611. The second kappa shape index (κ2) is 8.59. The molecule has 1 N–H and O–H groups in total. The zero-order valence-corrected chi connectivity index (χ0v) is 17.1. The van der Waals surface area contributed by atoms with Crippen molar-refractivity contribution in [2.24, 2.45) is 5.92 Å². The number of benzene rings is 1. The molecule has 6 nitrogen and oxygen atoms in total. The Morgan fingerprint density at radius 2 is 2.12 bits per heavy atom. The number of hydrogen-bond donors (Lipinski definition) is 1. The molecule has 1 aromatic carbocycles. The average Bonchev–Trinajstić information content (AvgIpc) is 2.51. The van der Waals surface area contributed by atoms with Crippen molar-refractivity contribution in [1.29, 1.82) is 0 Å². The summed E-state index contributed by atoms with van der Waals surface area (Å²) in [6, 6.07) is 6.81. The Morgan fingerprint density at radius 3 is 2.77 bits per heavy atom. The lowest BCUT2D eigenvalue weighted by atomic mass is 9.99. The highest BCUT2D eigenvalue weighted by atomic mass is 35.5. The van der Waals surface area contributed by atoms with Crippen LogP contribution in [-0.2, 0) is 20.5 Å². The lowest BCUT2D eigenvalue weighted by molar-refractivity contribution is 0.0169. The van der Waals surface area contributed by atoms with Gasteiger partial charge in [-0.3, -0.25) is 0 Å². The molecule has 0 aromatic heterocycles. The number of hydrogen-bond acceptors (Lipinski definition) is 4. The summed E-state index contributed by atoms with van der Waals surface area (Å²) < 4.78 is 32.6. The van der Waals surface area contributed by atoms with Crippen molar-refractivity contribution in [2.75, 3.05) is 19.6 Å². The number of nitrogens with zero attached hydrogens (tertiary/aromatic N) is 1. The highest BCUT2D eigenvalue weighted by molar-refractivity contribution is 7.88. The SMILES string of the molecule is CC(C)(C)OC(=O)N1CCC[C@@H](CNS(=O)(=O)Cc2cccc(Cl)c2)C1. The van der Waals surface area contributed by atoms with Crippen molar-refractivity contribution in [3.05, 3.63) is 34.9 Å². The fourth-order valence-electron chi connectivity index (χ4n) is 2.87. The van der Waals surface area contributed by atoms with Crippen molar-refractivity contribution in [1.82, 2.24) is 9.62 Å². The van der Waals surface area contributed by atoms with E-state index < -0.39 is 15.6 Å². The van der Waals surface area contributed by atoms with E-state index in [4.69, 9.17) is 16.3 Å². The summed E-state index contributed by atoms with van der Waals surface area (Å²) in [6.07, 6.45) is 1.36. The van der Waals surface area contributed by atoms with Gasteiger partial charge in [0.05, 0.1) is 5.75 Å². The standard InChI is InChI=1S/C18H27ClN2O4S/c1-18(2,3)25-17(22)21-9-5-7-15(12-21)11-20-26(23,24)13-14-6-4-8-16(19)10-14/h4,6,8,10,15,20H,5,7,9,11-13H2,1-3H3/t15-/m0/s1. The molecule has 8 heteroatoms. The van der Waals surface area contributed by atoms with Crippen molar-refractivity contribution >= 4 is 27.7 Å². The predicted octanol–water partition coefficient (Wildman–Crippen LogP) is 3.41. The Kier molecular flexibility index (Phi) is 6.93. The van der Waals surface area contributed by atoms with Gasteiger partial charge in [0.2, 0.25) is 10.0 Å². The zero-order chi connectivity index (χ0) is 19.4. The van der Waals surface area contributed by atoms with E-state index in [1.165, 1.54) is 0 Å². The highest BCUT2D eigenvalue weighted by Gasteiger charge is 2.28. The molecule has 0 aliphatic carbocycles. The van der Waals surface area contributed by atoms with Gasteiger partial charge in [-0.2, -0.15) is 0 Å². The van der Waals surface area contributed by atoms with E-state index in [1.807, 2.05) is 20.8 Å². The maximum atomic E-state index is 12.3. The number of likely N-dealkylation sites (tertiary alicyclic amines) is 1. The largest absolute Gasteiger partial charge is 0.444 e. The number of sulfonamides is 1. The van der Waals surface area contributed by atoms with Crippen LogP contribution in [0.2, 0.25) is 5.02 Å². The van der Waals surface area contributed by atoms with Crippen LogP contribution < -0.4 is 4.72 Å². The summed E-state index contributed by atoms with van der Waals surface area (Å²) in [5.41, 5.74) is 0.104. The van der Waals surface area contributed by atoms with Crippen LogP contribution in [0.1, 0.15) is 39.2 Å². The van der Waals surface area contributed by atoms with Gasteiger partial charge in [0.15, 0.2) is 0 Å². The molecule has 0 bridgehead atoms. The topological polar surface area (TPSA) is 75.7 Å². The van der Waals surface area contributed by atoms with Gasteiger partial charge < -0.3 is 9.64 Å². The summed E-state index contributed by atoms with van der Waals surface area (Å²) in [5.74, 6) is -0.0406. The third kappa shape index (κ3) is 7.13. The van der Waals surface area contributed by atoms with E-state index >= 15 is 0 Å². The zero-order valence-electron chi connectivity index (χ0n) is 15.5. The van der Waals surface area contributed by atoms with Gasteiger partial charge in [0, 0.05) is 24.7 Å². The van der Waals surface area contributed by atoms with E-state index in [1.54, 1.807) is 29.2 Å². The summed E-state index contributed by atoms with van der Waals surface area (Å²) >= 11 is 5.90. The quantitative estimate of drug-likeness (QED) is 0.818. The van der Waals surface area contributed by atoms with Gasteiger partial charge in [-0.25, -0.2) is 17.9 Å². The normalized spacial score (nSPS) is 18.6. The van der Waals surface area contributed by atoms with E-state index in [9.17, 15) is 13.2 Å². The van der Waals surface area contributed by atoms with Crippen molar-refractivity contribution in [3.8, 4) is 0 Å². The Bertz CT molecular complexity index is 731. The Morgan fingerprint density at radius 1 is 1.38 bits per heavy atom. The molecule has 0 radical (unpaired) electrons. The molecular weight excluding hydrogens is 376 g/mol. The molecular formula is C18H27ClN2O4S. The second-order valence-corrected chi connectivity index (χ2v) is 9.92. The minimum Gasteiger partial charge on any atom is -0.444 e. The molecule has 0 unspecified atom stereocenters. The minimum absolute atomic E-state index is 0.0744. The Balaban J connectivity index is 1.87. The number of ether oxygens (including phenoxy) is 1. The van der Waals surface area contributed by atoms with Crippen LogP contribution in [0.5, 0.6) is 0 Å². The molecule has 1 aromatic rings. The Hall–Kier alpha value is -1.31. The van der Waals surface area contributed by atoms with Gasteiger partial charge in [0.25, 0.3) is 0 Å². The van der Waals surface area contributed by atoms with Crippen molar-refractivity contribution < 1.29 is 17.9 Å². The van der Waals surface area contributed by atoms with Gasteiger partial charge in [-0.15, -0.1) is 0 Å². The molecule has 26 heavy (non-hydrogen) atoms. The smallest absolute Gasteiger partial charge is 0.410 e. The average molecular weight is 403 g/mol. The number of piperidine rings is 1. The van der Waals surface area contributed by atoms with Crippen LogP contribution in [0.15, 0.2) is 24.3 Å².